The monoisotopic (exact) mass is 229 g/mol. The van der Waals surface area contributed by atoms with Gasteiger partial charge in [0.15, 0.2) is 0 Å². The van der Waals surface area contributed by atoms with Crippen LogP contribution in [0.4, 0.5) is 0 Å². The summed E-state index contributed by atoms with van der Waals surface area (Å²) in [6.07, 6.45) is 5.81. The summed E-state index contributed by atoms with van der Waals surface area (Å²) in [6.45, 7) is 2.14. The lowest BCUT2D eigenvalue weighted by Gasteiger charge is -2.10. The molecule has 0 fully saturated rings. The number of nitrogens with zero attached hydrogens (tertiary/aromatic N) is 2. The lowest BCUT2D eigenvalue weighted by Crippen LogP contribution is -2.10. The van der Waals surface area contributed by atoms with Crippen LogP contribution >= 0.6 is 0 Å². The Labute approximate surface area is 102 Å². The third-order valence-corrected chi connectivity index (χ3v) is 3.14. The summed E-state index contributed by atoms with van der Waals surface area (Å²) in [5, 5.41) is 4.15. The predicted octanol–water partition coefficient (Wildman–Crippen LogP) is 2.36. The summed E-state index contributed by atoms with van der Waals surface area (Å²) in [5.41, 5.74) is 9.99. The number of nitrogens with two attached hydrogens (primary N) is 1. The zero-order valence-corrected chi connectivity index (χ0v) is 10.4. The predicted molar refractivity (Wildman–Crippen MR) is 69.6 cm³/mol. The second kappa shape index (κ2) is 5.15. The Hall–Kier alpha value is -1.61. The zero-order chi connectivity index (χ0) is 12.3. The molecule has 0 aliphatic rings. The van der Waals surface area contributed by atoms with Gasteiger partial charge in [0.1, 0.15) is 0 Å². The summed E-state index contributed by atoms with van der Waals surface area (Å²) < 4.78 is 1.79. The Balaban J connectivity index is 1.97. The van der Waals surface area contributed by atoms with Crippen LogP contribution in [-0.4, -0.2) is 9.78 Å². The molecule has 0 bridgehead atoms. The Morgan fingerprint density at radius 3 is 2.76 bits per heavy atom. The molecule has 1 heterocycles. The maximum absolute atomic E-state index is 6.15. The molecule has 0 saturated heterocycles. The fourth-order valence-electron chi connectivity index (χ4n) is 2.00. The molecule has 0 aliphatic heterocycles. The molecular weight excluding hydrogens is 210 g/mol. The normalized spacial score (nSPS) is 12.6. The first-order chi connectivity index (χ1) is 8.16. The van der Waals surface area contributed by atoms with Crippen LogP contribution in [0.5, 0.6) is 0 Å². The van der Waals surface area contributed by atoms with Crippen LogP contribution in [-0.2, 0) is 13.5 Å². The highest BCUT2D eigenvalue weighted by molar-refractivity contribution is 5.26. The third-order valence-electron chi connectivity index (χ3n) is 3.14. The van der Waals surface area contributed by atoms with Crippen molar-refractivity contribution in [3.63, 3.8) is 0 Å². The first-order valence-corrected chi connectivity index (χ1v) is 5.95. The van der Waals surface area contributed by atoms with E-state index in [0.29, 0.717) is 0 Å². The molecule has 17 heavy (non-hydrogen) atoms. The van der Waals surface area contributed by atoms with Gasteiger partial charge in [-0.05, 0) is 30.9 Å². The van der Waals surface area contributed by atoms with Gasteiger partial charge in [-0.15, -0.1) is 0 Å². The van der Waals surface area contributed by atoms with Crippen LogP contribution in [0.3, 0.4) is 0 Å². The van der Waals surface area contributed by atoms with Gasteiger partial charge in [-0.3, -0.25) is 4.68 Å². The molecule has 2 rings (SSSR count). The van der Waals surface area contributed by atoms with E-state index in [1.807, 2.05) is 19.4 Å². The third kappa shape index (κ3) is 2.94. The molecule has 0 spiro atoms. The van der Waals surface area contributed by atoms with E-state index in [0.717, 1.165) is 18.4 Å². The van der Waals surface area contributed by atoms with Gasteiger partial charge in [0.25, 0.3) is 0 Å². The van der Waals surface area contributed by atoms with Gasteiger partial charge < -0.3 is 5.73 Å². The van der Waals surface area contributed by atoms with Gasteiger partial charge in [-0.1, -0.05) is 24.3 Å². The molecule has 1 aromatic heterocycles. The molecule has 1 aromatic carbocycles. The van der Waals surface area contributed by atoms with Gasteiger partial charge in [0.2, 0.25) is 0 Å². The quantitative estimate of drug-likeness (QED) is 0.874. The second-order valence-electron chi connectivity index (χ2n) is 4.52. The summed E-state index contributed by atoms with van der Waals surface area (Å²) >= 11 is 0. The van der Waals surface area contributed by atoms with Crippen molar-refractivity contribution in [2.24, 2.45) is 12.8 Å². The van der Waals surface area contributed by atoms with Crippen molar-refractivity contribution < 1.29 is 0 Å². The van der Waals surface area contributed by atoms with Gasteiger partial charge in [-0.2, -0.15) is 5.10 Å². The Bertz CT molecular complexity index is 488. The lowest BCUT2D eigenvalue weighted by molar-refractivity contribution is 0.648. The average molecular weight is 229 g/mol. The molecule has 0 amide bonds. The van der Waals surface area contributed by atoms with Crippen molar-refractivity contribution >= 4 is 0 Å². The summed E-state index contributed by atoms with van der Waals surface area (Å²) in [5.74, 6) is 0. The lowest BCUT2D eigenvalue weighted by atomic mass is 9.99. The number of hydrogen-bond donors (Lipinski definition) is 1. The molecule has 3 nitrogen and oxygen atoms in total. The highest BCUT2D eigenvalue weighted by Gasteiger charge is 2.08. The van der Waals surface area contributed by atoms with Gasteiger partial charge in [0.05, 0.1) is 6.20 Å². The van der Waals surface area contributed by atoms with E-state index in [4.69, 9.17) is 5.73 Å². The molecule has 90 valence electrons. The first-order valence-electron chi connectivity index (χ1n) is 5.95. The Morgan fingerprint density at radius 1 is 1.35 bits per heavy atom. The van der Waals surface area contributed by atoms with Crippen molar-refractivity contribution in [1.29, 1.82) is 0 Å². The minimum Gasteiger partial charge on any atom is -0.324 e. The van der Waals surface area contributed by atoms with Gasteiger partial charge >= 0.3 is 0 Å². The fourth-order valence-corrected chi connectivity index (χ4v) is 2.00. The zero-order valence-electron chi connectivity index (χ0n) is 10.4. The van der Waals surface area contributed by atoms with Crippen LogP contribution in [0, 0.1) is 6.92 Å². The molecule has 0 saturated carbocycles. The minimum atomic E-state index is 0.0725. The number of aryl methyl sites for hydroxylation is 3. The maximum Gasteiger partial charge on any atom is 0.0537 e. The van der Waals surface area contributed by atoms with Gasteiger partial charge in [-0.25, -0.2) is 0 Å². The molecule has 1 atom stereocenters. The smallest absolute Gasteiger partial charge is 0.0537 e. The van der Waals surface area contributed by atoms with Crippen LogP contribution < -0.4 is 5.73 Å². The molecule has 1 unspecified atom stereocenters. The van der Waals surface area contributed by atoms with Crippen molar-refractivity contribution in [3.8, 4) is 0 Å². The minimum absolute atomic E-state index is 0.0725. The van der Waals surface area contributed by atoms with Crippen LogP contribution in [0.15, 0.2) is 36.7 Å². The van der Waals surface area contributed by atoms with Crippen molar-refractivity contribution in [1.82, 2.24) is 9.78 Å². The SMILES string of the molecule is Cc1ccccc1CCC(N)c1cnn(C)c1. The average Bonchev–Trinajstić information content (AvgIpc) is 2.74. The van der Waals surface area contributed by atoms with Crippen molar-refractivity contribution in [2.75, 3.05) is 0 Å². The molecule has 0 radical (unpaired) electrons. The van der Waals surface area contributed by atoms with Crippen molar-refractivity contribution in [2.45, 2.75) is 25.8 Å². The largest absolute Gasteiger partial charge is 0.324 e. The molecular formula is C14H19N3. The first kappa shape index (κ1) is 11.9. The van der Waals surface area contributed by atoms with E-state index in [2.05, 4.69) is 36.3 Å². The van der Waals surface area contributed by atoms with Gasteiger partial charge in [0, 0.05) is 24.8 Å². The van der Waals surface area contributed by atoms with E-state index in [9.17, 15) is 0 Å². The van der Waals surface area contributed by atoms with Crippen LogP contribution in [0.25, 0.3) is 0 Å². The van der Waals surface area contributed by atoms with E-state index in [-0.39, 0.29) is 6.04 Å². The van der Waals surface area contributed by atoms with Crippen molar-refractivity contribution in [3.05, 3.63) is 53.3 Å². The number of rotatable bonds is 4. The highest BCUT2D eigenvalue weighted by Crippen LogP contribution is 2.17. The molecule has 2 N–H and O–H groups in total. The standard InChI is InChI=1S/C14H19N3/c1-11-5-3-4-6-12(11)7-8-14(15)13-9-16-17(2)10-13/h3-6,9-10,14H,7-8,15H2,1-2H3. The van der Waals surface area contributed by atoms with E-state index < -0.39 is 0 Å². The number of aromatic nitrogens is 2. The molecule has 0 aliphatic carbocycles. The van der Waals surface area contributed by atoms with E-state index in [1.54, 1.807) is 4.68 Å². The summed E-state index contributed by atoms with van der Waals surface area (Å²) in [6, 6.07) is 8.54. The molecule has 3 heteroatoms. The summed E-state index contributed by atoms with van der Waals surface area (Å²) in [7, 11) is 1.91. The number of benzene rings is 1. The van der Waals surface area contributed by atoms with E-state index in [1.165, 1.54) is 11.1 Å². The van der Waals surface area contributed by atoms with E-state index >= 15 is 0 Å². The topological polar surface area (TPSA) is 43.8 Å². The maximum atomic E-state index is 6.15. The van der Waals surface area contributed by atoms with Crippen LogP contribution in [0.2, 0.25) is 0 Å². The highest BCUT2D eigenvalue weighted by atomic mass is 15.2. The second-order valence-corrected chi connectivity index (χ2v) is 4.52. The summed E-state index contributed by atoms with van der Waals surface area (Å²) in [4.78, 5) is 0. The number of hydrogen-bond acceptors (Lipinski definition) is 2. The fraction of sp³-hybridized carbons (Fsp3) is 0.357. The van der Waals surface area contributed by atoms with Crippen LogP contribution in [0.1, 0.15) is 29.2 Å². The molecule has 2 aromatic rings. The Morgan fingerprint density at radius 2 is 2.12 bits per heavy atom. The Kier molecular flexibility index (Phi) is 3.59.